The zero-order valence-corrected chi connectivity index (χ0v) is 10.0. The molecule has 0 amide bonds. The van der Waals surface area contributed by atoms with Crippen LogP contribution in [-0.4, -0.2) is 56.0 Å². The van der Waals surface area contributed by atoms with Gasteiger partial charge in [-0.3, -0.25) is 4.79 Å². The first kappa shape index (κ1) is 16.1. The molecule has 0 bridgehead atoms. The van der Waals surface area contributed by atoms with E-state index in [4.69, 9.17) is 4.74 Å². The minimum absolute atomic E-state index is 0. The minimum atomic E-state index is -0.612. The molecule has 0 aliphatic rings. The van der Waals surface area contributed by atoms with Crippen molar-refractivity contribution in [3.8, 4) is 0 Å². The molecule has 0 aromatic heterocycles. The summed E-state index contributed by atoms with van der Waals surface area (Å²) in [6.45, 7) is 2.68. The normalized spacial score (nSPS) is 12.9. The summed E-state index contributed by atoms with van der Waals surface area (Å²) < 4.78 is 5.36. The Kier molecular flexibility index (Phi) is 8.10. The number of rotatable bonds is 5. The second kappa shape index (κ2) is 7.04. The van der Waals surface area contributed by atoms with Crippen molar-refractivity contribution in [3.63, 3.8) is 0 Å². The molecule has 4 nitrogen and oxygen atoms in total. The van der Waals surface area contributed by atoms with Gasteiger partial charge in [-0.2, -0.15) is 0 Å². The summed E-state index contributed by atoms with van der Waals surface area (Å²) in [6, 6.07) is 0. The highest BCUT2D eigenvalue weighted by Crippen LogP contribution is 2.00. The van der Waals surface area contributed by atoms with Crippen molar-refractivity contribution in [2.75, 3.05) is 34.3 Å². The third-order valence-electron chi connectivity index (χ3n) is 1.47. The number of nitrogens with zero attached hydrogens (tertiary/aromatic N) is 1. The van der Waals surface area contributed by atoms with Crippen molar-refractivity contribution in [1.82, 2.24) is 0 Å². The maximum Gasteiger partial charge on any atom is 0.308 e. The van der Waals surface area contributed by atoms with Gasteiger partial charge in [0.2, 0.25) is 0 Å². The van der Waals surface area contributed by atoms with Gasteiger partial charge in [0.25, 0.3) is 0 Å². The Hall–Kier alpha value is -0.320. The van der Waals surface area contributed by atoms with Crippen LogP contribution >= 0.6 is 0 Å². The van der Waals surface area contributed by atoms with Crippen molar-refractivity contribution < 1.29 is 31.5 Å². The van der Waals surface area contributed by atoms with E-state index in [9.17, 15) is 9.90 Å². The summed E-state index contributed by atoms with van der Waals surface area (Å²) in [5, 5.41) is 9.47. The summed E-state index contributed by atoms with van der Waals surface area (Å²) >= 11 is 0. The van der Waals surface area contributed by atoms with Crippen LogP contribution < -0.4 is 12.4 Å². The summed E-state index contributed by atoms with van der Waals surface area (Å²) in [5.74, 6) is -0.330. The highest BCUT2D eigenvalue weighted by atomic mass is 35.5. The second-order valence-electron chi connectivity index (χ2n) is 4.14. The molecular weight excluding hydrogens is 206 g/mol. The Balaban J connectivity index is 0. The Morgan fingerprint density at radius 2 is 1.93 bits per heavy atom. The highest BCUT2D eigenvalue weighted by molar-refractivity contribution is 5.69. The molecule has 86 valence electrons. The van der Waals surface area contributed by atoms with Gasteiger partial charge in [0, 0.05) is 0 Å². The summed E-state index contributed by atoms with van der Waals surface area (Å²) in [6.07, 6.45) is -0.525. The Morgan fingerprint density at radius 3 is 2.29 bits per heavy atom. The van der Waals surface area contributed by atoms with Crippen LogP contribution in [0.25, 0.3) is 0 Å². The van der Waals surface area contributed by atoms with Gasteiger partial charge in [-0.15, -0.1) is 0 Å². The molecule has 1 atom stereocenters. The number of aliphatic hydroxyl groups excluding tert-OH is 1. The number of halogens is 1. The molecule has 0 aliphatic heterocycles. The van der Waals surface area contributed by atoms with Gasteiger partial charge in [0.05, 0.1) is 34.2 Å². The minimum Gasteiger partial charge on any atom is -1.00 e. The number of ether oxygens (including phenoxy) is 1. The fourth-order valence-corrected chi connectivity index (χ4v) is 1.11. The fourth-order valence-electron chi connectivity index (χ4n) is 1.11. The van der Waals surface area contributed by atoms with Crippen LogP contribution in [0.15, 0.2) is 0 Å². The van der Waals surface area contributed by atoms with Gasteiger partial charge >= 0.3 is 5.97 Å². The third kappa shape index (κ3) is 9.77. The number of carbonyl (C=O) groups is 1. The molecule has 0 fully saturated rings. The summed E-state index contributed by atoms with van der Waals surface area (Å²) in [4.78, 5) is 11.0. The van der Waals surface area contributed by atoms with Crippen molar-refractivity contribution in [3.05, 3.63) is 0 Å². The molecule has 0 radical (unpaired) electrons. The predicted molar refractivity (Wildman–Crippen MR) is 50.2 cm³/mol. The summed E-state index contributed by atoms with van der Waals surface area (Å²) in [5.41, 5.74) is 0. The summed E-state index contributed by atoms with van der Waals surface area (Å²) in [7, 11) is 5.90. The molecule has 0 aliphatic carbocycles. The highest BCUT2D eigenvalue weighted by Gasteiger charge is 2.18. The van der Waals surface area contributed by atoms with E-state index in [1.54, 1.807) is 6.92 Å². The average Bonchev–Trinajstić information content (AvgIpc) is 1.81. The van der Waals surface area contributed by atoms with Gasteiger partial charge in [-0.05, 0) is 6.92 Å². The molecule has 0 aromatic rings. The van der Waals surface area contributed by atoms with Gasteiger partial charge in [0.15, 0.2) is 0 Å². The molecular formula is C9H20ClNO3. The number of likely N-dealkylation sites (N-methyl/N-ethyl adjacent to an activating group) is 1. The maximum atomic E-state index is 11.0. The maximum absolute atomic E-state index is 11.0. The molecule has 0 saturated heterocycles. The number of quaternary nitrogens is 1. The average molecular weight is 226 g/mol. The Morgan fingerprint density at radius 1 is 1.43 bits per heavy atom. The molecule has 0 saturated carbocycles. The number of esters is 1. The van der Waals surface area contributed by atoms with Crippen molar-refractivity contribution in [2.45, 2.75) is 19.4 Å². The van der Waals surface area contributed by atoms with Crippen LogP contribution in [0.1, 0.15) is 13.3 Å². The van der Waals surface area contributed by atoms with E-state index in [2.05, 4.69) is 0 Å². The van der Waals surface area contributed by atoms with Crippen molar-refractivity contribution in [2.24, 2.45) is 0 Å². The number of hydrogen-bond acceptors (Lipinski definition) is 3. The van der Waals surface area contributed by atoms with Gasteiger partial charge < -0.3 is 26.7 Å². The first-order chi connectivity index (χ1) is 5.85. The third-order valence-corrected chi connectivity index (χ3v) is 1.47. The lowest BCUT2D eigenvalue weighted by Crippen LogP contribution is -3.00. The molecule has 0 aromatic carbocycles. The van der Waals surface area contributed by atoms with E-state index in [0.29, 0.717) is 17.6 Å². The molecule has 1 N–H and O–H groups in total. The van der Waals surface area contributed by atoms with Crippen LogP contribution in [0.4, 0.5) is 0 Å². The lowest BCUT2D eigenvalue weighted by molar-refractivity contribution is -0.873. The first-order valence-electron chi connectivity index (χ1n) is 4.49. The van der Waals surface area contributed by atoms with E-state index >= 15 is 0 Å². The Labute approximate surface area is 91.9 Å². The van der Waals surface area contributed by atoms with Crippen molar-refractivity contribution >= 4 is 5.97 Å². The zero-order valence-electron chi connectivity index (χ0n) is 9.29. The topological polar surface area (TPSA) is 46.5 Å². The second-order valence-corrected chi connectivity index (χ2v) is 4.14. The lowest BCUT2D eigenvalue weighted by Gasteiger charge is -2.26. The fraction of sp³-hybridized carbons (Fsp3) is 0.889. The quantitative estimate of drug-likeness (QED) is 0.401. The number of hydrogen-bond donors (Lipinski definition) is 1. The van der Waals surface area contributed by atoms with E-state index in [1.807, 2.05) is 21.1 Å². The monoisotopic (exact) mass is 225 g/mol. The number of carbonyl (C=O) groups excluding carboxylic acids is 1. The predicted octanol–water partition coefficient (Wildman–Crippen LogP) is -2.99. The zero-order chi connectivity index (χ0) is 10.5. The molecule has 1 unspecified atom stereocenters. The molecule has 0 heterocycles. The van der Waals surface area contributed by atoms with Crippen LogP contribution in [0, 0.1) is 0 Å². The lowest BCUT2D eigenvalue weighted by atomic mass is 10.2. The van der Waals surface area contributed by atoms with Crippen LogP contribution in [-0.2, 0) is 9.53 Å². The van der Waals surface area contributed by atoms with Crippen LogP contribution in [0.3, 0.4) is 0 Å². The van der Waals surface area contributed by atoms with Gasteiger partial charge in [0.1, 0.15) is 12.6 Å². The van der Waals surface area contributed by atoms with Gasteiger partial charge in [-0.1, -0.05) is 0 Å². The first-order valence-corrected chi connectivity index (χ1v) is 4.49. The smallest absolute Gasteiger partial charge is 0.308 e. The molecule has 0 spiro atoms. The van der Waals surface area contributed by atoms with Crippen LogP contribution in [0.5, 0.6) is 0 Å². The SMILES string of the molecule is CCOC(=O)CC(O)C[N+](C)(C)C.[Cl-]. The molecule has 5 heteroatoms. The van der Waals surface area contributed by atoms with Crippen LogP contribution in [0.2, 0.25) is 0 Å². The molecule has 0 rings (SSSR count). The molecule has 14 heavy (non-hydrogen) atoms. The van der Waals surface area contributed by atoms with Crippen molar-refractivity contribution in [1.29, 1.82) is 0 Å². The van der Waals surface area contributed by atoms with E-state index in [-0.39, 0.29) is 24.8 Å². The van der Waals surface area contributed by atoms with E-state index in [0.717, 1.165) is 0 Å². The Bertz CT molecular complexity index is 168. The standard InChI is InChI=1S/C9H20NO3.ClH/c1-5-13-9(12)6-8(11)7-10(2,3)4;/h8,11H,5-7H2,1-4H3;1H/q+1;/p-1. The number of aliphatic hydroxyl groups is 1. The van der Waals surface area contributed by atoms with Gasteiger partial charge in [-0.25, -0.2) is 0 Å². The van der Waals surface area contributed by atoms with E-state index in [1.165, 1.54) is 0 Å². The van der Waals surface area contributed by atoms with E-state index < -0.39 is 6.10 Å². The largest absolute Gasteiger partial charge is 1.00 e.